The molecular weight excluding hydrogens is 320 g/mol. The summed E-state index contributed by atoms with van der Waals surface area (Å²) < 4.78 is 11.0. The Morgan fingerprint density at radius 3 is 2.76 bits per heavy atom. The maximum atomic E-state index is 12.3. The van der Waals surface area contributed by atoms with E-state index in [4.69, 9.17) is 9.47 Å². The minimum absolute atomic E-state index is 0.0500. The van der Waals surface area contributed by atoms with Crippen molar-refractivity contribution in [3.63, 3.8) is 0 Å². The Hall–Kier alpha value is -1.87. The summed E-state index contributed by atoms with van der Waals surface area (Å²) in [6, 6.07) is 9.20. The third-order valence-electron chi connectivity index (χ3n) is 5.45. The summed E-state index contributed by atoms with van der Waals surface area (Å²) in [5.74, 6) is 5.80. The van der Waals surface area contributed by atoms with E-state index in [1.807, 2.05) is 25.1 Å². The molecule has 1 unspecified atom stereocenters. The van der Waals surface area contributed by atoms with Gasteiger partial charge >= 0.3 is 0 Å². The van der Waals surface area contributed by atoms with Gasteiger partial charge in [0, 0.05) is 18.9 Å². The van der Waals surface area contributed by atoms with Crippen LogP contribution in [0.4, 0.5) is 0 Å². The molecule has 2 aliphatic rings. The topological polar surface area (TPSA) is 76.0 Å². The lowest BCUT2D eigenvalue weighted by Gasteiger charge is -2.57. The number of carbonyl (C=O) groups excluding carboxylic acids is 1. The van der Waals surface area contributed by atoms with Crippen molar-refractivity contribution in [3.05, 3.63) is 30.3 Å². The van der Waals surface area contributed by atoms with Crippen LogP contribution in [0.15, 0.2) is 30.3 Å². The Kier molecular flexibility index (Phi) is 5.14. The molecule has 0 aromatic heterocycles. The molecule has 5 heteroatoms. The average molecular weight is 344 g/mol. The van der Waals surface area contributed by atoms with Gasteiger partial charge in [-0.1, -0.05) is 37.0 Å². The minimum Gasteiger partial charge on any atom is -0.490 e. The smallest absolute Gasteiger partial charge is 0.168 e. The fourth-order valence-corrected chi connectivity index (χ4v) is 4.14. The number of ketones is 1. The van der Waals surface area contributed by atoms with Crippen LogP contribution in [-0.4, -0.2) is 47.5 Å². The van der Waals surface area contributed by atoms with Crippen LogP contribution >= 0.6 is 0 Å². The lowest BCUT2D eigenvalue weighted by atomic mass is 9.50. The first-order chi connectivity index (χ1) is 12.0. The molecule has 0 bridgehead atoms. The molecule has 1 aromatic carbocycles. The number of aliphatic hydroxyl groups excluding tert-OH is 2. The number of para-hydroxylation sites is 1. The van der Waals surface area contributed by atoms with Crippen molar-refractivity contribution in [2.45, 2.75) is 37.6 Å². The summed E-state index contributed by atoms with van der Waals surface area (Å²) in [4.78, 5) is 12.3. The molecule has 1 aromatic rings. The molecule has 134 valence electrons. The van der Waals surface area contributed by atoms with Crippen LogP contribution in [0.1, 0.15) is 19.8 Å². The van der Waals surface area contributed by atoms with Gasteiger partial charge in [-0.25, -0.2) is 0 Å². The molecule has 0 spiro atoms. The van der Waals surface area contributed by atoms with E-state index in [1.54, 1.807) is 19.2 Å². The lowest BCUT2D eigenvalue weighted by Crippen LogP contribution is -2.69. The van der Waals surface area contributed by atoms with Gasteiger partial charge in [-0.2, -0.15) is 0 Å². The minimum atomic E-state index is -0.961. The SMILES string of the molecule is CO[C@]12CC[C@@H](O)[C@H](C#C[C@@H](O)COc3ccccc3)[C@H]1C(C)C2=O. The summed E-state index contributed by atoms with van der Waals surface area (Å²) >= 11 is 0. The summed E-state index contributed by atoms with van der Waals surface area (Å²) in [5.41, 5.74) is -0.816. The summed E-state index contributed by atoms with van der Waals surface area (Å²) in [5, 5.41) is 20.4. The molecule has 0 amide bonds. The van der Waals surface area contributed by atoms with Crippen LogP contribution in [0, 0.1) is 29.6 Å². The van der Waals surface area contributed by atoms with Gasteiger partial charge in [0.25, 0.3) is 0 Å². The molecular formula is C20H24O5. The van der Waals surface area contributed by atoms with Gasteiger partial charge < -0.3 is 19.7 Å². The van der Waals surface area contributed by atoms with Crippen LogP contribution < -0.4 is 4.74 Å². The van der Waals surface area contributed by atoms with E-state index in [0.29, 0.717) is 18.6 Å². The summed E-state index contributed by atoms with van der Waals surface area (Å²) in [7, 11) is 1.54. The fourth-order valence-electron chi connectivity index (χ4n) is 4.14. The highest BCUT2D eigenvalue weighted by molar-refractivity contribution is 5.96. The fraction of sp³-hybridized carbons (Fsp3) is 0.550. The van der Waals surface area contributed by atoms with Crippen molar-refractivity contribution in [2.75, 3.05) is 13.7 Å². The third-order valence-corrected chi connectivity index (χ3v) is 5.45. The number of rotatable bonds is 4. The molecule has 2 aliphatic carbocycles. The standard InChI is InChI=1S/C20H24O5/c1-13-18-16(17(22)10-11-20(18,24-2)19(13)23)9-8-14(21)12-25-15-6-4-3-5-7-15/h3-7,13-14,16-18,21-22H,10-12H2,1-2H3/t13?,14-,16+,17-,18-,20-/m1/s1. The van der Waals surface area contributed by atoms with Gasteiger partial charge in [0.05, 0.1) is 12.0 Å². The first-order valence-corrected chi connectivity index (χ1v) is 8.64. The maximum Gasteiger partial charge on any atom is 0.168 e. The van der Waals surface area contributed by atoms with Crippen LogP contribution in [0.2, 0.25) is 0 Å². The molecule has 0 saturated heterocycles. The lowest BCUT2D eigenvalue weighted by molar-refractivity contribution is -0.205. The van der Waals surface area contributed by atoms with E-state index < -0.39 is 17.8 Å². The maximum absolute atomic E-state index is 12.3. The van der Waals surface area contributed by atoms with E-state index in [-0.39, 0.29) is 30.1 Å². The van der Waals surface area contributed by atoms with Gasteiger partial charge in [-0.15, -0.1) is 0 Å². The molecule has 5 nitrogen and oxygen atoms in total. The Bertz CT molecular complexity index is 676. The largest absolute Gasteiger partial charge is 0.490 e. The molecule has 6 atom stereocenters. The monoisotopic (exact) mass is 344 g/mol. The highest BCUT2D eigenvalue weighted by Gasteiger charge is 2.65. The molecule has 2 N–H and O–H groups in total. The van der Waals surface area contributed by atoms with Crippen LogP contribution in [0.25, 0.3) is 0 Å². The van der Waals surface area contributed by atoms with Crippen molar-refractivity contribution >= 4 is 5.78 Å². The van der Waals surface area contributed by atoms with Crippen molar-refractivity contribution in [1.82, 2.24) is 0 Å². The van der Waals surface area contributed by atoms with Gasteiger partial charge in [-0.05, 0) is 25.0 Å². The molecule has 3 rings (SSSR count). The summed E-state index contributed by atoms with van der Waals surface area (Å²) in [6.45, 7) is 1.90. The Balaban J connectivity index is 1.67. The first kappa shape index (κ1) is 17.9. The molecule has 0 heterocycles. The highest BCUT2D eigenvalue weighted by atomic mass is 16.5. The number of carbonyl (C=O) groups is 1. The Morgan fingerprint density at radius 2 is 2.08 bits per heavy atom. The number of hydrogen-bond acceptors (Lipinski definition) is 5. The van der Waals surface area contributed by atoms with E-state index >= 15 is 0 Å². The Morgan fingerprint density at radius 1 is 1.36 bits per heavy atom. The highest BCUT2D eigenvalue weighted by Crippen LogP contribution is 2.54. The number of aliphatic hydroxyl groups is 2. The predicted octanol–water partition coefficient (Wildman–Crippen LogP) is 1.42. The number of benzene rings is 1. The first-order valence-electron chi connectivity index (χ1n) is 8.64. The van der Waals surface area contributed by atoms with Crippen LogP contribution in [-0.2, 0) is 9.53 Å². The molecule has 2 saturated carbocycles. The quantitative estimate of drug-likeness (QED) is 0.808. The van der Waals surface area contributed by atoms with E-state index in [1.165, 1.54) is 0 Å². The zero-order valence-electron chi connectivity index (χ0n) is 14.5. The van der Waals surface area contributed by atoms with E-state index in [0.717, 1.165) is 0 Å². The zero-order chi connectivity index (χ0) is 18.0. The van der Waals surface area contributed by atoms with Crippen LogP contribution in [0.3, 0.4) is 0 Å². The van der Waals surface area contributed by atoms with Gasteiger partial charge in [0.1, 0.15) is 24.1 Å². The van der Waals surface area contributed by atoms with Gasteiger partial charge in [0.15, 0.2) is 5.78 Å². The van der Waals surface area contributed by atoms with E-state index in [9.17, 15) is 15.0 Å². The second-order valence-corrected chi connectivity index (χ2v) is 6.83. The number of fused-ring (bicyclic) bond motifs is 1. The number of ether oxygens (including phenoxy) is 2. The number of hydrogen-bond donors (Lipinski definition) is 2. The normalized spacial score (nSPS) is 35.0. The van der Waals surface area contributed by atoms with Crippen LogP contribution in [0.5, 0.6) is 5.75 Å². The van der Waals surface area contributed by atoms with Crippen molar-refractivity contribution in [3.8, 4) is 17.6 Å². The molecule has 0 radical (unpaired) electrons. The van der Waals surface area contributed by atoms with Gasteiger partial charge in [0.2, 0.25) is 0 Å². The number of methoxy groups -OCH3 is 1. The summed E-state index contributed by atoms with van der Waals surface area (Å²) in [6.07, 6.45) is -0.578. The van der Waals surface area contributed by atoms with E-state index in [2.05, 4.69) is 11.8 Å². The predicted molar refractivity (Wildman–Crippen MR) is 91.9 cm³/mol. The zero-order valence-corrected chi connectivity index (χ0v) is 14.5. The van der Waals surface area contributed by atoms with Crippen molar-refractivity contribution < 1.29 is 24.5 Å². The molecule has 25 heavy (non-hydrogen) atoms. The third kappa shape index (κ3) is 3.18. The van der Waals surface area contributed by atoms with Crippen molar-refractivity contribution in [2.24, 2.45) is 17.8 Å². The average Bonchev–Trinajstić information content (AvgIpc) is 2.65. The van der Waals surface area contributed by atoms with Gasteiger partial charge in [-0.3, -0.25) is 4.79 Å². The van der Waals surface area contributed by atoms with Crippen molar-refractivity contribution in [1.29, 1.82) is 0 Å². The number of Topliss-reactive ketones (excluding diaryl/α,β-unsaturated/α-hetero) is 1. The Labute approximate surface area is 148 Å². The molecule has 0 aliphatic heterocycles. The molecule has 2 fully saturated rings. The second kappa shape index (κ2) is 7.17. The second-order valence-electron chi connectivity index (χ2n) is 6.83.